The van der Waals surface area contributed by atoms with Crippen molar-refractivity contribution in [3.63, 3.8) is 0 Å². The van der Waals surface area contributed by atoms with Crippen molar-refractivity contribution in [2.75, 3.05) is 5.32 Å². The van der Waals surface area contributed by atoms with Crippen LogP contribution < -0.4 is 5.32 Å². The van der Waals surface area contributed by atoms with E-state index in [0.717, 1.165) is 16.1 Å². The van der Waals surface area contributed by atoms with E-state index in [2.05, 4.69) is 5.32 Å². The van der Waals surface area contributed by atoms with Crippen LogP contribution >= 0.6 is 11.3 Å². The number of thiophene rings is 1. The SMILES string of the molecule is CC(O)c1ccccc1NCc1cc(C(=O)O)cs1. The summed E-state index contributed by atoms with van der Waals surface area (Å²) >= 11 is 1.41. The monoisotopic (exact) mass is 277 g/mol. The largest absolute Gasteiger partial charge is 0.478 e. The number of rotatable bonds is 5. The van der Waals surface area contributed by atoms with Crippen LogP contribution in [0, 0.1) is 0 Å². The minimum absolute atomic E-state index is 0.311. The first kappa shape index (κ1) is 13.6. The van der Waals surface area contributed by atoms with E-state index in [1.165, 1.54) is 11.3 Å². The van der Waals surface area contributed by atoms with Gasteiger partial charge in [-0.15, -0.1) is 11.3 Å². The molecule has 0 saturated carbocycles. The lowest BCUT2D eigenvalue weighted by atomic mass is 10.1. The maximum atomic E-state index is 10.8. The second-order valence-corrected chi connectivity index (χ2v) is 5.22. The number of anilines is 1. The molecule has 1 atom stereocenters. The number of hydrogen-bond donors (Lipinski definition) is 3. The van der Waals surface area contributed by atoms with Crippen LogP contribution in [0.15, 0.2) is 35.7 Å². The van der Waals surface area contributed by atoms with Gasteiger partial charge < -0.3 is 15.5 Å². The first-order chi connectivity index (χ1) is 9.08. The van der Waals surface area contributed by atoms with Crippen molar-refractivity contribution >= 4 is 23.0 Å². The maximum Gasteiger partial charge on any atom is 0.336 e. The van der Waals surface area contributed by atoms with Gasteiger partial charge >= 0.3 is 5.97 Å². The molecule has 0 amide bonds. The summed E-state index contributed by atoms with van der Waals surface area (Å²) in [5, 5.41) is 23.4. The molecule has 2 rings (SSSR count). The number of aromatic carboxylic acids is 1. The molecule has 100 valence electrons. The van der Waals surface area contributed by atoms with Gasteiger partial charge in [0.15, 0.2) is 0 Å². The van der Waals surface area contributed by atoms with Crippen molar-refractivity contribution in [3.8, 4) is 0 Å². The van der Waals surface area contributed by atoms with E-state index in [9.17, 15) is 9.90 Å². The van der Waals surface area contributed by atoms with E-state index in [4.69, 9.17) is 5.11 Å². The van der Waals surface area contributed by atoms with E-state index >= 15 is 0 Å². The van der Waals surface area contributed by atoms with E-state index in [0.29, 0.717) is 12.1 Å². The van der Waals surface area contributed by atoms with Gasteiger partial charge in [-0.25, -0.2) is 4.79 Å². The van der Waals surface area contributed by atoms with Crippen LogP contribution in [0.1, 0.15) is 33.8 Å². The van der Waals surface area contributed by atoms with Gasteiger partial charge in [0.1, 0.15) is 0 Å². The van der Waals surface area contributed by atoms with Crippen LogP contribution in [-0.4, -0.2) is 16.2 Å². The molecule has 0 spiro atoms. The minimum atomic E-state index is -0.910. The van der Waals surface area contributed by atoms with Gasteiger partial charge in [0.05, 0.1) is 11.7 Å². The van der Waals surface area contributed by atoms with Gasteiger partial charge in [0.25, 0.3) is 0 Å². The topological polar surface area (TPSA) is 69.6 Å². The average molecular weight is 277 g/mol. The summed E-state index contributed by atoms with van der Waals surface area (Å²) in [5.74, 6) is -0.910. The van der Waals surface area contributed by atoms with Gasteiger partial charge in [-0.2, -0.15) is 0 Å². The highest BCUT2D eigenvalue weighted by Gasteiger charge is 2.09. The zero-order valence-electron chi connectivity index (χ0n) is 10.5. The summed E-state index contributed by atoms with van der Waals surface area (Å²) in [6.45, 7) is 2.26. The Labute approximate surface area is 115 Å². The molecule has 1 heterocycles. The first-order valence-electron chi connectivity index (χ1n) is 5.89. The number of carboxylic acid groups (broad SMARTS) is 1. The molecular weight excluding hydrogens is 262 g/mol. The Bertz CT molecular complexity index is 578. The Balaban J connectivity index is 2.08. The van der Waals surface area contributed by atoms with Gasteiger partial charge in [-0.1, -0.05) is 18.2 Å². The molecule has 0 saturated heterocycles. The zero-order valence-corrected chi connectivity index (χ0v) is 11.3. The predicted octanol–water partition coefficient (Wildman–Crippen LogP) is 3.11. The molecule has 0 bridgehead atoms. The average Bonchev–Trinajstić information content (AvgIpc) is 2.85. The Kier molecular flexibility index (Phi) is 4.19. The Morgan fingerprint density at radius 1 is 1.42 bits per heavy atom. The molecule has 0 aliphatic carbocycles. The summed E-state index contributed by atoms with van der Waals surface area (Å²) < 4.78 is 0. The number of nitrogens with one attached hydrogen (secondary N) is 1. The summed E-state index contributed by atoms with van der Waals surface area (Å²) in [6.07, 6.45) is -0.540. The van der Waals surface area contributed by atoms with Crippen LogP contribution in [0.3, 0.4) is 0 Å². The van der Waals surface area contributed by atoms with Crippen LogP contribution in [0.4, 0.5) is 5.69 Å². The Morgan fingerprint density at radius 3 is 2.79 bits per heavy atom. The summed E-state index contributed by atoms with van der Waals surface area (Å²) in [5.41, 5.74) is 2.01. The van der Waals surface area contributed by atoms with Crippen molar-refractivity contribution in [2.24, 2.45) is 0 Å². The second-order valence-electron chi connectivity index (χ2n) is 4.22. The summed E-state index contributed by atoms with van der Waals surface area (Å²) in [4.78, 5) is 11.7. The zero-order chi connectivity index (χ0) is 13.8. The first-order valence-corrected chi connectivity index (χ1v) is 6.77. The molecule has 1 unspecified atom stereocenters. The molecule has 3 N–H and O–H groups in total. The van der Waals surface area contributed by atoms with Gasteiger partial charge in [0, 0.05) is 28.1 Å². The molecular formula is C14H15NO3S. The maximum absolute atomic E-state index is 10.8. The lowest BCUT2D eigenvalue weighted by Gasteiger charge is -2.13. The van der Waals surface area contributed by atoms with E-state index in [1.807, 2.05) is 24.3 Å². The normalized spacial score (nSPS) is 12.1. The van der Waals surface area contributed by atoms with Crippen LogP contribution in [0.2, 0.25) is 0 Å². The predicted molar refractivity (Wildman–Crippen MR) is 75.7 cm³/mol. The third-order valence-corrected chi connectivity index (χ3v) is 3.70. The van der Waals surface area contributed by atoms with Crippen LogP contribution in [0.25, 0.3) is 0 Å². The third kappa shape index (κ3) is 3.33. The van der Waals surface area contributed by atoms with E-state index < -0.39 is 12.1 Å². The molecule has 4 nitrogen and oxygen atoms in total. The van der Waals surface area contributed by atoms with Crippen molar-refractivity contribution < 1.29 is 15.0 Å². The number of benzene rings is 1. The lowest BCUT2D eigenvalue weighted by Crippen LogP contribution is -2.03. The number of hydrogen-bond acceptors (Lipinski definition) is 4. The lowest BCUT2D eigenvalue weighted by molar-refractivity contribution is 0.0697. The fourth-order valence-corrected chi connectivity index (χ4v) is 2.59. The van der Waals surface area contributed by atoms with Crippen molar-refractivity contribution in [1.82, 2.24) is 0 Å². The van der Waals surface area contributed by atoms with Gasteiger partial charge in [-0.3, -0.25) is 0 Å². The van der Waals surface area contributed by atoms with Gasteiger partial charge in [-0.05, 0) is 19.1 Å². The second kappa shape index (κ2) is 5.86. The van der Waals surface area contributed by atoms with Crippen molar-refractivity contribution in [3.05, 3.63) is 51.7 Å². The molecule has 1 aromatic carbocycles. The number of aliphatic hydroxyl groups is 1. The third-order valence-electron chi connectivity index (χ3n) is 2.76. The molecule has 0 fully saturated rings. The molecule has 2 aromatic rings. The quantitative estimate of drug-likeness (QED) is 0.785. The Hall–Kier alpha value is -1.85. The fraction of sp³-hybridized carbons (Fsp3) is 0.214. The molecule has 19 heavy (non-hydrogen) atoms. The number of para-hydroxylation sites is 1. The molecule has 0 aliphatic heterocycles. The van der Waals surface area contributed by atoms with Crippen molar-refractivity contribution in [1.29, 1.82) is 0 Å². The van der Waals surface area contributed by atoms with Gasteiger partial charge in [0.2, 0.25) is 0 Å². The minimum Gasteiger partial charge on any atom is -0.478 e. The molecule has 1 aromatic heterocycles. The molecule has 0 aliphatic rings. The summed E-state index contributed by atoms with van der Waals surface area (Å²) in [6, 6.07) is 9.19. The van der Waals surface area contributed by atoms with E-state index in [1.54, 1.807) is 18.4 Å². The Morgan fingerprint density at radius 2 is 2.16 bits per heavy atom. The summed E-state index contributed by atoms with van der Waals surface area (Å²) in [7, 11) is 0. The highest BCUT2D eigenvalue weighted by atomic mass is 32.1. The van der Waals surface area contributed by atoms with Crippen LogP contribution in [0.5, 0.6) is 0 Å². The highest BCUT2D eigenvalue weighted by Crippen LogP contribution is 2.23. The standard InChI is InChI=1S/C14H15NO3S/c1-9(16)12-4-2-3-5-13(12)15-7-11-6-10(8-19-11)14(17)18/h2-6,8-9,15-16H,7H2,1H3,(H,17,18). The molecule has 0 radical (unpaired) electrons. The van der Waals surface area contributed by atoms with Crippen molar-refractivity contribution in [2.45, 2.75) is 19.6 Å². The number of carbonyl (C=O) groups is 1. The molecule has 5 heteroatoms. The number of aliphatic hydroxyl groups excluding tert-OH is 1. The highest BCUT2D eigenvalue weighted by molar-refractivity contribution is 7.10. The number of carboxylic acids is 1. The fourth-order valence-electron chi connectivity index (χ4n) is 1.79. The van der Waals surface area contributed by atoms with E-state index in [-0.39, 0.29) is 0 Å². The smallest absolute Gasteiger partial charge is 0.336 e. The van der Waals surface area contributed by atoms with Crippen LogP contribution in [-0.2, 0) is 6.54 Å².